The third-order valence-electron chi connectivity index (χ3n) is 5.62. The standard InChI is InChI=1S/C22H24FN3O3S/c1-30(28,29)25-20-5-3-2-4-16(20)12-22(27)26-10-8-15(9-11-26)19-14-24-21-13-17(23)6-7-18(19)21/h2-7,13-15,24-25H,8-12H2,1H3. The Kier molecular flexibility index (Phi) is 5.51. The van der Waals surface area contributed by atoms with Crippen LogP contribution in [0.4, 0.5) is 10.1 Å². The highest BCUT2D eigenvalue weighted by Gasteiger charge is 2.26. The molecular formula is C22H24FN3O3S. The lowest BCUT2D eigenvalue weighted by atomic mass is 9.89. The van der Waals surface area contributed by atoms with Gasteiger partial charge in [-0.25, -0.2) is 12.8 Å². The second-order valence-electron chi connectivity index (χ2n) is 7.80. The van der Waals surface area contributed by atoms with E-state index in [1.807, 2.05) is 11.1 Å². The number of amides is 1. The van der Waals surface area contributed by atoms with Gasteiger partial charge < -0.3 is 9.88 Å². The quantitative estimate of drug-likeness (QED) is 0.650. The van der Waals surface area contributed by atoms with Crippen molar-refractivity contribution in [3.8, 4) is 0 Å². The van der Waals surface area contributed by atoms with Gasteiger partial charge >= 0.3 is 0 Å². The van der Waals surface area contributed by atoms with Crippen molar-refractivity contribution in [2.75, 3.05) is 24.1 Å². The van der Waals surface area contributed by atoms with E-state index in [0.29, 0.717) is 30.3 Å². The summed E-state index contributed by atoms with van der Waals surface area (Å²) in [6.07, 6.45) is 4.85. The Labute approximate surface area is 175 Å². The molecule has 0 aliphatic carbocycles. The number of carbonyl (C=O) groups excluding carboxylic acids is 1. The van der Waals surface area contributed by atoms with E-state index in [1.165, 1.54) is 17.7 Å². The number of nitrogens with one attached hydrogen (secondary N) is 2. The van der Waals surface area contributed by atoms with Gasteiger partial charge in [0.05, 0.1) is 18.4 Å². The Bertz CT molecular complexity index is 1180. The maximum atomic E-state index is 13.4. The Morgan fingerprint density at radius 3 is 2.67 bits per heavy atom. The van der Waals surface area contributed by atoms with Crippen LogP contribution in [0.3, 0.4) is 0 Å². The van der Waals surface area contributed by atoms with Crippen LogP contribution >= 0.6 is 0 Å². The molecule has 0 bridgehead atoms. The van der Waals surface area contributed by atoms with E-state index < -0.39 is 10.0 Å². The number of anilines is 1. The zero-order chi connectivity index (χ0) is 21.3. The van der Waals surface area contributed by atoms with E-state index in [9.17, 15) is 17.6 Å². The third kappa shape index (κ3) is 4.48. The van der Waals surface area contributed by atoms with Crippen molar-refractivity contribution in [3.05, 3.63) is 65.6 Å². The number of aromatic nitrogens is 1. The molecule has 0 saturated carbocycles. The first-order valence-electron chi connectivity index (χ1n) is 9.90. The number of rotatable bonds is 5. The summed E-state index contributed by atoms with van der Waals surface area (Å²) in [5.41, 5.74) is 3.06. The summed E-state index contributed by atoms with van der Waals surface area (Å²) in [4.78, 5) is 17.8. The van der Waals surface area contributed by atoms with Crippen molar-refractivity contribution >= 4 is 32.5 Å². The highest BCUT2D eigenvalue weighted by atomic mass is 32.2. The SMILES string of the molecule is CS(=O)(=O)Nc1ccccc1CC(=O)N1CCC(c2c[nH]c3cc(F)ccc23)CC1. The Morgan fingerprint density at radius 1 is 1.20 bits per heavy atom. The first kappa shape index (κ1) is 20.4. The van der Waals surface area contributed by atoms with Crippen LogP contribution in [0.5, 0.6) is 0 Å². The monoisotopic (exact) mass is 429 g/mol. The molecule has 1 fully saturated rings. The maximum absolute atomic E-state index is 13.4. The molecule has 30 heavy (non-hydrogen) atoms. The molecule has 2 aromatic carbocycles. The van der Waals surface area contributed by atoms with E-state index in [0.717, 1.165) is 30.0 Å². The lowest BCUT2D eigenvalue weighted by molar-refractivity contribution is -0.131. The number of benzene rings is 2. The number of para-hydroxylation sites is 1. The van der Waals surface area contributed by atoms with Crippen LogP contribution in [0.1, 0.15) is 29.9 Å². The van der Waals surface area contributed by atoms with E-state index in [1.54, 1.807) is 30.3 Å². The second-order valence-corrected chi connectivity index (χ2v) is 9.55. The predicted octanol–water partition coefficient (Wildman–Crippen LogP) is 3.63. The molecule has 0 atom stereocenters. The molecule has 0 unspecified atom stereocenters. The summed E-state index contributed by atoms with van der Waals surface area (Å²) in [6, 6.07) is 11.7. The molecule has 8 heteroatoms. The van der Waals surface area contributed by atoms with E-state index in [4.69, 9.17) is 0 Å². The topological polar surface area (TPSA) is 82.3 Å². The van der Waals surface area contributed by atoms with Crippen molar-refractivity contribution in [3.63, 3.8) is 0 Å². The van der Waals surface area contributed by atoms with Gasteiger partial charge in [0, 0.05) is 30.2 Å². The zero-order valence-corrected chi connectivity index (χ0v) is 17.5. The first-order chi connectivity index (χ1) is 14.3. The van der Waals surface area contributed by atoms with E-state index in [2.05, 4.69) is 9.71 Å². The van der Waals surface area contributed by atoms with Gasteiger partial charge in [0.1, 0.15) is 5.82 Å². The highest BCUT2D eigenvalue weighted by Crippen LogP contribution is 2.33. The number of fused-ring (bicyclic) bond motifs is 1. The normalized spacial score (nSPS) is 15.5. The van der Waals surface area contributed by atoms with Crippen molar-refractivity contribution in [2.24, 2.45) is 0 Å². The molecule has 1 aliphatic heterocycles. The molecule has 1 amide bonds. The van der Waals surface area contributed by atoms with Crippen LogP contribution < -0.4 is 4.72 Å². The lowest BCUT2D eigenvalue weighted by Gasteiger charge is -2.32. The molecule has 1 saturated heterocycles. The van der Waals surface area contributed by atoms with Crippen LogP contribution in [-0.2, 0) is 21.2 Å². The molecule has 4 rings (SSSR count). The second kappa shape index (κ2) is 8.10. The van der Waals surface area contributed by atoms with E-state index in [-0.39, 0.29) is 18.1 Å². The number of sulfonamides is 1. The fraction of sp³-hybridized carbons (Fsp3) is 0.318. The number of halogens is 1. The smallest absolute Gasteiger partial charge is 0.229 e. The number of aromatic amines is 1. The first-order valence-corrected chi connectivity index (χ1v) is 11.8. The molecule has 0 spiro atoms. The molecule has 2 N–H and O–H groups in total. The fourth-order valence-corrected chi connectivity index (χ4v) is 4.75. The van der Waals surface area contributed by atoms with Gasteiger partial charge in [0.2, 0.25) is 15.9 Å². The Hall–Kier alpha value is -2.87. The van der Waals surface area contributed by atoms with Gasteiger partial charge in [-0.2, -0.15) is 0 Å². The summed E-state index contributed by atoms with van der Waals surface area (Å²) in [7, 11) is -3.41. The third-order valence-corrected chi connectivity index (χ3v) is 6.21. The minimum absolute atomic E-state index is 0.0165. The van der Waals surface area contributed by atoms with Crippen molar-refractivity contribution in [2.45, 2.75) is 25.2 Å². The molecule has 158 valence electrons. The minimum Gasteiger partial charge on any atom is -0.361 e. The predicted molar refractivity (Wildman–Crippen MR) is 115 cm³/mol. The molecule has 0 radical (unpaired) electrons. The van der Waals surface area contributed by atoms with Gasteiger partial charge in [-0.15, -0.1) is 0 Å². The molecule has 6 nitrogen and oxygen atoms in total. The average Bonchev–Trinajstić information content (AvgIpc) is 3.11. The number of carbonyl (C=O) groups is 1. The zero-order valence-electron chi connectivity index (χ0n) is 16.7. The van der Waals surface area contributed by atoms with Crippen LogP contribution in [0.15, 0.2) is 48.7 Å². The molecule has 2 heterocycles. The molecule has 1 aliphatic rings. The minimum atomic E-state index is -3.41. The van der Waals surface area contributed by atoms with Crippen molar-refractivity contribution in [1.29, 1.82) is 0 Å². The average molecular weight is 430 g/mol. The number of piperidine rings is 1. The number of likely N-dealkylation sites (tertiary alicyclic amines) is 1. The highest BCUT2D eigenvalue weighted by molar-refractivity contribution is 7.92. The van der Waals surface area contributed by atoms with Crippen molar-refractivity contribution in [1.82, 2.24) is 9.88 Å². The van der Waals surface area contributed by atoms with Gasteiger partial charge in [-0.3, -0.25) is 9.52 Å². The van der Waals surface area contributed by atoms with Crippen LogP contribution in [0, 0.1) is 5.82 Å². The summed E-state index contributed by atoms with van der Waals surface area (Å²) < 4.78 is 39.0. The van der Waals surface area contributed by atoms with Crippen LogP contribution in [-0.4, -0.2) is 43.6 Å². The van der Waals surface area contributed by atoms with Crippen LogP contribution in [0.25, 0.3) is 10.9 Å². The summed E-state index contributed by atoms with van der Waals surface area (Å²) in [5.74, 6) is 0.0339. The Balaban J connectivity index is 1.41. The van der Waals surface area contributed by atoms with Gasteiger partial charge in [0.25, 0.3) is 0 Å². The molecule has 3 aromatic rings. The molecule has 1 aromatic heterocycles. The number of hydrogen-bond acceptors (Lipinski definition) is 3. The van der Waals surface area contributed by atoms with Gasteiger partial charge in [0.15, 0.2) is 0 Å². The summed E-state index contributed by atoms with van der Waals surface area (Å²) in [6.45, 7) is 1.28. The summed E-state index contributed by atoms with van der Waals surface area (Å²) >= 11 is 0. The van der Waals surface area contributed by atoms with Crippen LogP contribution in [0.2, 0.25) is 0 Å². The van der Waals surface area contributed by atoms with Crippen molar-refractivity contribution < 1.29 is 17.6 Å². The fourth-order valence-electron chi connectivity index (χ4n) is 4.15. The van der Waals surface area contributed by atoms with Gasteiger partial charge in [-0.1, -0.05) is 18.2 Å². The number of hydrogen-bond donors (Lipinski definition) is 2. The van der Waals surface area contributed by atoms with Gasteiger partial charge in [-0.05, 0) is 54.2 Å². The maximum Gasteiger partial charge on any atom is 0.229 e. The number of nitrogens with zero attached hydrogens (tertiary/aromatic N) is 1. The molecular weight excluding hydrogens is 405 g/mol. The summed E-state index contributed by atoms with van der Waals surface area (Å²) in [5, 5.41) is 1.03. The lowest BCUT2D eigenvalue weighted by Crippen LogP contribution is -2.38. The largest absolute Gasteiger partial charge is 0.361 e. The number of H-pyrrole nitrogens is 1. The Morgan fingerprint density at radius 2 is 1.93 bits per heavy atom. The van der Waals surface area contributed by atoms with E-state index >= 15 is 0 Å².